The van der Waals surface area contributed by atoms with Crippen LogP contribution in [0.5, 0.6) is 0 Å². The highest BCUT2D eigenvalue weighted by molar-refractivity contribution is 7.51. The first-order valence-corrected chi connectivity index (χ1v) is 11.2. The Balaban J connectivity index is 1.55. The summed E-state index contributed by atoms with van der Waals surface area (Å²) in [5, 5.41) is 13.2. The largest absolute Gasteiger partial charge is 0.387 e. The fourth-order valence-electron chi connectivity index (χ4n) is 3.37. The molecule has 2 fully saturated rings. The average Bonchev–Trinajstić information content (AvgIpc) is 3.37. The van der Waals surface area contributed by atoms with Gasteiger partial charge in [-0.2, -0.15) is 9.97 Å². The molecular weight excluding hydrogens is 448 g/mol. The van der Waals surface area contributed by atoms with E-state index >= 15 is 0 Å². The summed E-state index contributed by atoms with van der Waals surface area (Å²) in [4.78, 5) is 30.2. The normalized spacial score (nSPS) is 29.7. The Morgan fingerprint density at radius 2 is 2.23 bits per heavy atom. The molecule has 0 radical (unpaired) electrons. The van der Waals surface area contributed by atoms with E-state index in [0.29, 0.717) is 24.5 Å². The molecule has 166 valence electrons. The number of alkyl halides is 1. The first kappa shape index (κ1) is 21.8. The fourth-order valence-corrected chi connectivity index (χ4v) is 3.88. The van der Waals surface area contributed by atoms with Crippen molar-refractivity contribution < 1.29 is 38.1 Å². The molecule has 0 spiro atoms. The standard InChI is InChI=1S/C15H20ClFN5O7P/c16-15-20-12(19-7-1-2-27-3-7)10-13(21-15)22(5-18-10)14-9(17)11(23)8(29-14)4-28-6-30(24,25)26/h5,7-9,11,14,23H,1-4,6H2,(H,19,20,21)(H2,24,25,26)/t7-,8+,9-,11+,14?/m0/s1. The van der Waals surface area contributed by atoms with Gasteiger partial charge < -0.3 is 34.4 Å². The zero-order valence-corrected chi connectivity index (χ0v) is 17.1. The number of hydrogen-bond donors (Lipinski definition) is 4. The summed E-state index contributed by atoms with van der Waals surface area (Å²) in [5.41, 5.74) is 0.547. The van der Waals surface area contributed by atoms with Crippen LogP contribution in [-0.2, 0) is 18.8 Å². The summed E-state index contributed by atoms with van der Waals surface area (Å²) in [6.07, 6.45) is -4.65. The molecule has 0 aliphatic carbocycles. The summed E-state index contributed by atoms with van der Waals surface area (Å²) in [7, 11) is -4.39. The van der Waals surface area contributed by atoms with E-state index in [1.807, 2.05) is 0 Å². The van der Waals surface area contributed by atoms with Gasteiger partial charge in [0.25, 0.3) is 0 Å². The van der Waals surface area contributed by atoms with Crippen molar-refractivity contribution in [2.45, 2.75) is 37.1 Å². The minimum absolute atomic E-state index is 0.0262. The monoisotopic (exact) mass is 467 g/mol. The highest BCUT2D eigenvalue weighted by Crippen LogP contribution is 2.37. The van der Waals surface area contributed by atoms with Gasteiger partial charge in [-0.3, -0.25) is 9.13 Å². The number of halogens is 2. The summed E-state index contributed by atoms with van der Waals surface area (Å²) >= 11 is 6.04. The lowest BCUT2D eigenvalue weighted by atomic mass is 10.1. The first-order valence-electron chi connectivity index (χ1n) is 9.07. The van der Waals surface area contributed by atoms with Crippen molar-refractivity contribution in [2.75, 3.05) is 31.5 Å². The van der Waals surface area contributed by atoms with E-state index in [1.165, 1.54) is 10.9 Å². The zero-order chi connectivity index (χ0) is 21.5. The van der Waals surface area contributed by atoms with Crippen LogP contribution in [0.15, 0.2) is 6.33 Å². The average molecular weight is 468 g/mol. The molecule has 15 heteroatoms. The van der Waals surface area contributed by atoms with E-state index in [2.05, 4.69) is 20.3 Å². The van der Waals surface area contributed by atoms with Crippen LogP contribution in [0.25, 0.3) is 11.2 Å². The summed E-state index contributed by atoms with van der Waals surface area (Å²) in [5.74, 6) is 0.370. The van der Waals surface area contributed by atoms with Crippen molar-refractivity contribution in [3.05, 3.63) is 11.6 Å². The lowest BCUT2D eigenvalue weighted by molar-refractivity contribution is -0.0581. The molecule has 2 aliphatic heterocycles. The minimum Gasteiger partial charge on any atom is -0.387 e. The number of rotatable bonds is 7. The van der Waals surface area contributed by atoms with Crippen LogP contribution in [0.4, 0.5) is 10.2 Å². The molecule has 4 heterocycles. The fraction of sp³-hybridized carbons (Fsp3) is 0.667. The quantitative estimate of drug-likeness (QED) is 0.330. The maximum Gasteiger partial charge on any atom is 0.350 e. The second-order valence-electron chi connectivity index (χ2n) is 7.03. The zero-order valence-electron chi connectivity index (χ0n) is 15.5. The summed E-state index contributed by atoms with van der Waals surface area (Å²) < 4.78 is 42.7. The van der Waals surface area contributed by atoms with E-state index in [4.69, 9.17) is 35.6 Å². The Morgan fingerprint density at radius 3 is 2.93 bits per heavy atom. The Bertz CT molecular complexity index is 955. The van der Waals surface area contributed by atoms with Gasteiger partial charge in [-0.1, -0.05) is 0 Å². The van der Waals surface area contributed by atoms with Crippen molar-refractivity contribution in [3.63, 3.8) is 0 Å². The van der Waals surface area contributed by atoms with E-state index in [9.17, 15) is 14.1 Å². The molecule has 12 nitrogen and oxygen atoms in total. The van der Waals surface area contributed by atoms with E-state index in [1.54, 1.807) is 0 Å². The molecule has 2 aromatic heterocycles. The lowest BCUT2D eigenvalue weighted by Crippen LogP contribution is -2.31. The highest BCUT2D eigenvalue weighted by Gasteiger charge is 2.46. The number of fused-ring (bicyclic) bond motifs is 1. The van der Waals surface area contributed by atoms with Crippen LogP contribution in [0.2, 0.25) is 5.28 Å². The number of anilines is 1. The van der Waals surface area contributed by atoms with E-state index < -0.39 is 45.2 Å². The van der Waals surface area contributed by atoms with Gasteiger partial charge in [0.15, 0.2) is 29.4 Å². The Morgan fingerprint density at radius 1 is 1.43 bits per heavy atom. The van der Waals surface area contributed by atoms with Gasteiger partial charge >= 0.3 is 7.60 Å². The number of aliphatic hydroxyl groups is 1. The molecule has 2 aliphatic rings. The van der Waals surface area contributed by atoms with Gasteiger partial charge in [-0.25, -0.2) is 9.37 Å². The highest BCUT2D eigenvalue weighted by atomic mass is 35.5. The van der Waals surface area contributed by atoms with Gasteiger partial charge in [0.05, 0.1) is 25.6 Å². The second kappa shape index (κ2) is 8.60. The third kappa shape index (κ3) is 4.58. The Hall–Kier alpha value is -1.44. The van der Waals surface area contributed by atoms with Crippen LogP contribution in [0.3, 0.4) is 0 Å². The Labute approximate surface area is 174 Å². The molecule has 0 bridgehead atoms. The molecule has 4 N–H and O–H groups in total. The molecular formula is C15H20ClFN5O7P. The van der Waals surface area contributed by atoms with E-state index in [0.717, 1.165) is 6.42 Å². The lowest BCUT2D eigenvalue weighted by Gasteiger charge is -2.16. The molecule has 2 saturated heterocycles. The number of aromatic nitrogens is 4. The van der Waals surface area contributed by atoms with Crippen molar-refractivity contribution >= 4 is 36.2 Å². The number of imidazole rings is 1. The number of hydrogen-bond acceptors (Lipinski definition) is 9. The smallest absolute Gasteiger partial charge is 0.350 e. The summed E-state index contributed by atoms with van der Waals surface area (Å²) in [6, 6.07) is 0.0262. The predicted octanol–water partition coefficient (Wildman–Crippen LogP) is 0.429. The molecule has 5 atom stereocenters. The third-order valence-corrected chi connectivity index (χ3v) is 5.46. The molecule has 30 heavy (non-hydrogen) atoms. The number of nitrogens with zero attached hydrogens (tertiary/aromatic N) is 4. The van der Waals surface area contributed by atoms with E-state index in [-0.39, 0.29) is 17.0 Å². The minimum atomic E-state index is -4.39. The van der Waals surface area contributed by atoms with Crippen molar-refractivity contribution in [2.24, 2.45) is 0 Å². The second-order valence-corrected chi connectivity index (χ2v) is 8.96. The maximum atomic E-state index is 14.8. The van der Waals surface area contributed by atoms with Gasteiger partial charge in [0, 0.05) is 6.61 Å². The molecule has 0 aromatic carbocycles. The van der Waals surface area contributed by atoms with Crippen molar-refractivity contribution in [3.8, 4) is 0 Å². The van der Waals surface area contributed by atoms with Crippen LogP contribution in [-0.4, -0.2) is 85.0 Å². The predicted molar refractivity (Wildman–Crippen MR) is 101 cm³/mol. The molecule has 1 unspecified atom stereocenters. The van der Waals surface area contributed by atoms with Crippen LogP contribution >= 0.6 is 19.2 Å². The SMILES string of the molecule is O=P(O)(O)COC[C@H]1OC(n2cnc3c(N[C@H]4CCOC4)nc(Cl)nc32)[C@@H](F)[C@@H]1O. The molecule has 4 rings (SSSR count). The first-order chi connectivity index (χ1) is 14.2. The Kier molecular flexibility index (Phi) is 6.24. The van der Waals surface area contributed by atoms with Gasteiger partial charge in [-0.15, -0.1) is 0 Å². The third-order valence-electron chi connectivity index (χ3n) is 4.77. The van der Waals surface area contributed by atoms with Crippen molar-refractivity contribution in [1.82, 2.24) is 19.5 Å². The molecule has 0 saturated carbocycles. The van der Waals surface area contributed by atoms with Crippen molar-refractivity contribution in [1.29, 1.82) is 0 Å². The molecule has 0 amide bonds. The number of aliphatic hydroxyl groups excluding tert-OH is 1. The van der Waals surface area contributed by atoms with Gasteiger partial charge in [0.2, 0.25) is 5.28 Å². The van der Waals surface area contributed by atoms with Gasteiger partial charge in [0.1, 0.15) is 18.6 Å². The number of ether oxygens (including phenoxy) is 3. The topological polar surface area (TPSA) is 161 Å². The van der Waals surface area contributed by atoms with Gasteiger partial charge in [-0.05, 0) is 18.0 Å². The van der Waals surface area contributed by atoms with Crippen LogP contribution in [0, 0.1) is 0 Å². The van der Waals surface area contributed by atoms with Crippen LogP contribution in [0.1, 0.15) is 12.6 Å². The maximum absolute atomic E-state index is 14.8. The summed E-state index contributed by atoms with van der Waals surface area (Å²) in [6.45, 7) is 0.724. The molecule has 2 aromatic rings. The number of nitrogens with one attached hydrogen (secondary N) is 1. The van der Waals surface area contributed by atoms with Crippen LogP contribution < -0.4 is 5.32 Å².